The van der Waals surface area contributed by atoms with Gasteiger partial charge in [0.05, 0.1) is 30.9 Å². The van der Waals surface area contributed by atoms with Crippen LogP contribution in [0.15, 0.2) is 171 Å². The molecule has 143 heavy (non-hydrogen) atoms. The van der Waals surface area contributed by atoms with Crippen molar-refractivity contribution in [3.63, 3.8) is 0 Å². The van der Waals surface area contributed by atoms with Crippen LogP contribution in [0.1, 0.15) is 136 Å². The van der Waals surface area contributed by atoms with Gasteiger partial charge in [0.2, 0.25) is 31.1 Å². The van der Waals surface area contributed by atoms with Crippen LogP contribution in [0.3, 0.4) is 0 Å². The molecule has 4 aromatic carbocycles. The number of hydrogen-bond acceptors (Lipinski definition) is 39. The summed E-state index contributed by atoms with van der Waals surface area (Å²) >= 11 is 0. The zero-order chi connectivity index (χ0) is 105. The second-order valence-corrected chi connectivity index (χ2v) is 49.8. The molecule has 12 N–H and O–H groups in total. The first-order valence-electron chi connectivity index (χ1n) is 42.2. The maximum Gasteiger partial charge on any atom is 0.514 e. The van der Waals surface area contributed by atoms with E-state index in [1.165, 1.54) is 165 Å². The lowest BCUT2D eigenvalue weighted by Crippen LogP contribution is -2.40. The largest absolute Gasteiger partial charge is 0.514 e. The van der Waals surface area contributed by atoms with Gasteiger partial charge in [0.1, 0.15) is 36.3 Å². The van der Waals surface area contributed by atoms with Crippen LogP contribution in [0.4, 0.5) is 32.3 Å². The fraction of sp³-hybridized carbons (Fsp3) is 0.378. The number of aromatic nitrogens is 4. The zero-order valence-corrected chi connectivity index (χ0v) is 82.3. The van der Waals surface area contributed by atoms with E-state index >= 15 is 0 Å². The van der Waals surface area contributed by atoms with Gasteiger partial charge in [-0.3, -0.25) is 107 Å². The Kier molecular flexibility index (Phi) is 35.1. The zero-order valence-electron chi connectivity index (χ0n) is 75.2. The number of halogens is 3. The fourth-order valence-electron chi connectivity index (χ4n) is 14.5. The maximum atomic E-state index is 15.0. The molecule has 10 unspecified atom stereocenters. The highest BCUT2D eigenvalue weighted by molar-refractivity contribution is 7.75. The van der Waals surface area contributed by atoms with Gasteiger partial charge in [-0.1, -0.05) is 42.5 Å². The Labute approximate surface area is 808 Å². The average Bonchev–Trinajstić information content (AvgIpc) is 1.60. The second-order valence-electron chi connectivity index (χ2n) is 32.4. The molecule has 8 aromatic rings. The molecule has 0 aliphatic carbocycles. The number of carbonyl (C=O) groups is 7. The van der Waals surface area contributed by atoms with E-state index < -0.39 is 221 Å². The molecule has 4 amide bonds. The van der Waals surface area contributed by atoms with Gasteiger partial charge in [-0.05, 0) is 135 Å². The summed E-state index contributed by atoms with van der Waals surface area (Å²) in [6.07, 6.45) is -1.66. The molecule has 7 aliphatic rings. The van der Waals surface area contributed by atoms with Crippen LogP contribution >= 0.6 is 60.8 Å². The van der Waals surface area contributed by atoms with E-state index in [9.17, 15) is 143 Å². The van der Waals surface area contributed by atoms with Crippen LogP contribution in [0.25, 0.3) is 0 Å². The molecule has 7 saturated heterocycles. The number of benzene rings is 4. The van der Waals surface area contributed by atoms with Crippen LogP contribution < -0.4 is 23.7 Å². The lowest BCUT2D eigenvalue weighted by atomic mass is 10.2. The van der Waals surface area contributed by atoms with Crippen molar-refractivity contribution >= 4 is 103 Å². The SMILES string of the molecule is CC(=O)OCC1CCCN1C(=O)Oc1cc(F)c(C2OP(=O)(O)C(O)(Cc3cccnc3)P(=O)(O)O2)c(F)c1.CC(=O)OCC1CCCN1C(=O)Oc1ccc(C2OP(=O)(O)C(O)(Cc3cccnc3)P(=O)(O)O2)cc1.COc1cc(C2OP(=O)(O)C(O)(Cc3cccnc3)P(=O)(O)O2)ccc1OC(=O)OC(C)C.O=C1CCCN1C(=O)Oc1ccc(C2OP(=O)(O)C(O)(Cc3cccnc3)P(=O)(O)O2)cc1F. The average molecular weight is 2170 g/mol. The van der Waals surface area contributed by atoms with Gasteiger partial charge in [0.25, 0.3) is 20.3 Å². The van der Waals surface area contributed by atoms with Crippen LogP contribution in [0.5, 0.6) is 28.7 Å². The number of likely N-dealkylation sites (tertiary alicyclic amines) is 3. The Morgan fingerprint density at radius 3 is 1.10 bits per heavy atom. The number of rotatable bonds is 22. The molecule has 0 radical (unpaired) electrons. The summed E-state index contributed by atoms with van der Waals surface area (Å²) in [4.78, 5) is 185. The molecular formula is C82H92F3N7O43P8. The molecule has 15 rings (SSSR count). The summed E-state index contributed by atoms with van der Waals surface area (Å²) in [6.45, 7) is 6.56. The Morgan fingerprint density at radius 2 is 0.769 bits per heavy atom. The standard InChI is InChI=1S/C22H24F2N2O11P2.C22H26N2O11P2.C19H19FN2O10P2.C19H23NO11P2/c1-13(27)34-12-15-5-3-7-26(15)21(28)35-16-8-17(23)19(18(24)9-16)20-36-38(30,31)22(29,39(32,33)37-20)10-14-4-2-6-25-11-14;1-15(25)32-14-18-5-3-11-24(18)21(26)33-19-8-6-17(7-9-19)20-34-36(28,29)22(27,37(30,31)35-20)12-16-4-2-10-23-13-16;20-14-9-13(5-6-15(14)30-18(24)22-8-2-4-16(22)23)17-31-33(26,27)19(25,34(28,29)32-17)10-12-3-1-7-21-11-12;1-12(2)28-18(21)29-15-7-6-14(9-16(15)27-3)17-30-32(23,24)19(22,33(25,26)31-17)10-13-5-4-8-20-11-13/h2,4,6,8-9,11,15,20,29H,3,5,7,10,12H2,1H3,(H,30,31)(H,32,33);2,4,6-10,13,18,20,27H,3,5,11-12,14H2,1H3,(H,28,29)(H,30,31);1,3,5-7,9,11,17,25H,2,4,8,10H2,(H,26,27)(H,28,29);4-9,11-12,17,22H,10H2,1-3H3,(H,23,24)(H,25,26). The number of pyridine rings is 4. The first-order chi connectivity index (χ1) is 67.0. The van der Waals surface area contributed by atoms with Crippen molar-refractivity contribution in [1.82, 2.24) is 34.6 Å². The molecular weight excluding hydrogens is 2080 g/mol. The number of carbonyl (C=O) groups excluding carboxylic acids is 7. The first kappa shape index (κ1) is 112. The molecule has 0 spiro atoms. The van der Waals surface area contributed by atoms with Gasteiger partial charge in [-0.15, -0.1) is 0 Å². The molecule has 0 bridgehead atoms. The number of esters is 2. The van der Waals surface area contributed by atoms with Crippen molar-refractivity contribution < 1.29 is 217 Å². The molecule has 7 fully saturated rings. The van der Waals surface area contributed by atoms with Gasteiger partial charge in [0, 0.05) is 144 Å². The Hall–Kier alpha value is -10.2. The number of ether oxygens (including phenoxy) is 8. The number of hydrogen-bond donors (Lipinski definition) is 12. The van der Waals surface area contributed by atoms with Crippen LogP contribution in [-0.2, 0) is 127 Å². The lowest BCUT2D eigenvalue weighted by Gasteiger charge is -2.41. The minimum Gasteiger partial charge on any atom is -0.493 e. The summed E-state index contributed by atoms with van der Waals surface area (Å²) < 4.78 is 227. The quantitative estimate of drug-likeness (QED) is 0.0130. The van der Waals surface area contributed by atoms with Crippen molar-refractivity contribution in [3.05, 3.63) is 233 Å². The van der Waals surface area contributed by atoms with E-state index in [0.717, 1.165) is 29.7 Å². The molecule has 50 nitrogen and oxygen atoms in total. The number of amides is 4. The number of imide groups is 1. The number of methoxy groups -OCH3 is 1. The van der Waals surface area contributed by atoms with E-state index in [0.29, 0.717) is 50.4 Å². The summed E-state index contributed by atoms with van der Waals surface area (Å²) in [5.41, 5.74) is -0.746. The number of nitrogens with zero attached hydrogens (tertiary/aromatic N) is 7. The minimum atomic E-state index is -5.50. The highest BCUT2D eigenvalue weighted by atomic mass is 31.3. The maximum absolute atomic E-state index is 15.0. The van der Waals surface area contributed by atoms with Gasteiger partial charge >= 0.3 is 97.1 Å². The Morgan fingerprint density at radius 1 is 0.420 bits per heavy atom. The second kappa shape index (κ2) is 45.0. The van der Waals surface area contributed by atoms with Gasteiger partial charge in [0.15, 0.2) is 23.1 Å². The predicted molar refractivity (Wildman–Crippen MR) is 476 cm³/mol. The Balaban J connectivity index is 0.000000170. The van der Waals surface area contributed by atoms with Crippen molar-refractivity contribution in [1.29, 1.82) is 0 Å². The third kappa shape index (κ3) is 25.4. The molecule has 11 heterocycles. The number of aliphatic hydroxyl groups is 4. The first-order valence-corrected chi connectivity index (χ1v) is 54.9. The van der Waals surface area contributed by atoms with Crippen molar-refractivity contribution in [3.8, 4) is 28.7 Å². The van der Waals surface area contributed by atoms with Crippen molar-refractivity contribution in [2.45, 2.75) is 156 Å². The summed E-state index contributed by atoms with van der Waals surface area (Å²) in [5.74, 6) is -6.68. The molecule has 10 atom stereocenters. The van der Waals surface area contributed by atoms with E-state index in [4.69, 9.17) is 74.1 Å². The normalized spacial score (nSPS) is 30.8. The van der Waals surface area contributed by atoms with E-state index in [2.05, 4.69) is 19.9 Å². The molecule has 61 heteroatoms. The summed E-state index contributed by atoms with van der Waals surface area (Å²) in [7, 11) is -40.8. The van der Waals surface area contributed by atoms with Crippen LogP contribution in [0, 0.1) is 17.5 Å². The summed E-state index contributed by atoms with van der Waals surface area (Å²) in [5, 5.41) is 30.2. The molecule has 7 aliphatic heterocycles. The fourth-order valence-corrected chi connectivity index (χ4v) is 28.8. The monoisotopic (exact) mass is 2170 g/mol. The third-order valence-electron chi connectivity index (χ3n) is 21.9. The van der Waals surface area contributed by atoms with E-state index in [-0.39, 0.29) is 95.0 Å². The highest BCUT2D eigenvalue weighted by Crippen LogP contribution is 2.83. The van der Waals surface area contributed by atoms with Crippen LogP contribution in [-0.4, -0.2) is 215 Å². The van der Waals surface area contributed by atoms with E-state index in [1.54, 1.807) is 13.8 Å². The highest BCUT2D eigenvalue weighted by Gasteiger charge is 2.71. The molecule has 774 valence electrons. The third-order valence-corrected chi connectivity index (χ3v) is 40.3. The van der Waals surface area contributed by atoms with Gasteiger partial charge in [-0.25, -0.2) is 37.2 Å². The predicted octanol–water partition coefficient (Wildman–Crippen LogP) is 12.1. The molecule has 4 aromatic heterocycles. The minimum absolute atomic E-state index is 0.0107. The van der Waals surface area contributed by atoms with E-state index in [1.807, 2.05) is 0 Å². The Bertz CT molecular complexity index is 6340. The van der Waals surface area contributed by atoms with Crippen molar-refractivity contribution in [2.24, 2.45) is 0 Å². The smallest absolute Gasteiger partial charge is 0.493 e. The van der Waals surface area contributed by atoms with Gasteiger partial charge in [-0.2, -0.15) is 0 Å². The van der Waals surface area contributed by atoms with Crippen LogP contribution in [0.2, 0.25) is 0 Å². The summed E-state index contributed by atoms with van der Waals surface area (Å²) in [6, 6.07) is 23.6. The van der Waals surface area contributed by atoms with Crippen molar-refractivity contribution in [2.75, 3.05) is 40.0 Å². The molecule has 0 saturated carbocycles. The lowest BCUT2D eigenvalue weighted by molar-refractivity contribution is -0.143. The topological polar surface area (TPSA) is 708 Å². The van der Waals surface area contributed by atoms with Gasteiger partial charge < -0.3 is 107 Å².